The molecule has 0 saturated carbocycles. The summed E-state index contributed by atoms with van der Waals surface area (Å²) < 4.78 is 0. The molecule has 0 bridgehead atoms. The summed E-state index contributed by atoms with van der Waals surface area (Å²) in [6, 6.07) is 7.89. The fourth-order valence-corrected chi connectivity index (χ4v) is 1.97. The molecule has 2 nitrogen and oxygen atoms in total. The molecule has 0 amide bonds. The summed E-state index contributed by atoms with van der Waals surface area (Å²) in [6.07, 6.45) is 2.74. The zero-order valence-electron chi connectivity index (χ0n) is 9.28. The summed E-state index contributed by atoms with van der Waals surface area (Å²) in [7, 11) is 0. The molecule has 0 saturated heterocycles. The number of hydrogen-bond donors (Lipinski definition) is 1. The first-order valence-corrected chi connectivity index (χ1v) is 5.81. The van der Waals surface area contributed by atoms with Crippen molar-refractivity contribution < 1.29 is 0 Å². The molecular formula is C13H15ClN2. The fraction of sp³-hybridized carbons (Fsp3) is 0.308. The maximum absolute atomic E-state index is 5.96. The van der Waals surface area contributed by atoms with Crippen LogP contribution in [0.4, 0.5) is 0 Å². The molecule has 0 fully saturated rings. The Hall–Kier alpha value is -1.12. The van der Waals surface area contributed by atoms with Crippen LogP contribution < -0.4 is 5.73 Å². The van der Waals surface area contributed by atoms with Gasteiger partial charge in [-0.3, -0.25) is 4.98 Å². The van der Waals surface area contributed by atoms with E-state index in [4.69, 9.17) is 17.3 Å². The van der Waals surface area contributed by atoms with Crippen molar-refractivity contribution in [1.82, 2.24) is 4.98 Å². The number of nitrogens with zero attached hydrogens (tertiary/aromatic N) is 1. The lowest BCUT2D eigenvalue weighted by atomic mass is 10.0. The first-order valence-electron chi connectivity index (χ1n) is 5.44. The van der Waals surface area contributed by atoms with E-state index in [-0.39, 0.29) is 0 Å². The molecule has 0 aliphatic rings. The molecule has 0 radical (unpaired) electrons. The average molecular weight is 235 g/mol. The number of fused-ring (bicyclic) bond motifs is 1. The van der Waals surface area contributed by atoms with Crippen molar-refractivity contribution in [3.05, 3.63) is 41.2 Å². The van der Waals surface area contributed by atoms with Crippen molar-refractivity contribution in [3.63, 3.8) is 0 Å². The number of hydrogen-bond acceptors (Lipinski definition) is 2. The first-order chi connectivity index (χ1) is 7.70. The van der Waals surface area contributed by atoms with E-state index in [1.807, 2.05) is 30.5 Å². The van der Waals surface area contributed by atoms with Gasteiger partial charge in [-0.2, -0.15) is 0 Å². The lowest BCUT2D eigenvalue weighted by molar-refractivity contribution is 0.587. The van der Waals surface area contributed by atoms with E-state index in [1.165, 1.54) is 5.39 Å². The molecule has 1 heterocycles. The molecule has 1 atom stereocenters. The quantitative estimate of drug-likeness (QED) is 0.887. The lowest BCUT2D eigenvalue weighted by Gasteiger charge is -2.10. The zero-order valence-corrected chi connectivity index (χ0v) is 10.0. The molecule has 84 valence electrons. The van der Waals surface area contributed by atoms with E-state index < -0.39 is 0 Å². The van der Waals surface area contributed by atoms with Gasteiger partial charge in [0.25, 0.3) is 0 Å². The van der Waals surface area contributed by atoms with Crippen LogP contribution >= 0.6 is 11.6 Å². The van der Waals surface area contributed by atoms with E-state index in [0.29, 0.717) is 12.5 Å². The van der Waals surface area contributed by atoms with Crippen molar-refractivity contribution in [2.75, 3.05) is 6.54 Å². The number of nitrogens with two attached hydrogens (primary N) is 1. The highest BCUT2D eigenvalue weighted by Crippen LogP contribution is 2.22. The van der Waals surface area contributed by atoms with Crippen molar-refractivity contribution in [3.8, 4) is 0 Å². The van der Waals surface area contributed by atoms with Crippen LogP contribution in [0.25, 0.3) is 10.8 Å². The van der Waals surface area contributed by atoms with E-state index in [0.717, 1.165) is 22.5 Å². The molecule has 2 aromatic rings. The number of halogens is 1. The van der Waals surface area contributed by atoms with Gasteiger partial charge in [-0.15, -0.1) is 0 Å². The van der Waals surface area contributed by atoms with E-state index in [2.05, 4.69) is 11.9 Å². The lowest BCUT2D eigenvalue weighted by Crippen LogP contribution is -2.13. The van der Waals surface area contributed by atoms with Gasteiger partial charge in [0.15, 0.2) is 0 Å². The van der Waals surface area contributed by atoms with E-state index in [9.17, 15) is 0 Å². The topological polar surface area (TPSA) is 38.9 Å². The molecule has 0 aliphatic heterocycles. The zero-order chi connectivity index (χ0) is 11.5. The van der Waals surface area contributed by atoms with Gasteiger partial charge in [-0.1, -0.05) is 24.6 Å². The minimum absolute atomic E-state index is 0.453. The molecule has 2 N–H and O–H groups in total. The highest BCUT2D eigenvalue weighted by atomic mass is 35.5. The Kier molecular flexibility index (Phi) is 3.42. The average Bonchev–Trinajstić information content (AvgIpc) is 2.28. The SMILES string of the molecule is CC(CN)Cc1nccc2cc(Cl)ccc12. The normalized spacial score (nSPS) is 12.9. The largest absolute Gasteiger partial charge is 0.330 e. The summed E-state index contributed by atoms with van der Waals surface area (Å²) in [6.45, 7) is 2.82. The van der Waals surface area contributed by atoms with E-state index in [1.54, 1.807) is 0 Å². The molecule has 0 aliphatic carbocycles. The Balaban J connectivity index is 2.45. The highest BCUT2D eigenvalue weighted by Gasteiger charge is 2.06. The van der Waals surface area contributed by atoms with Gasteiger partial charge in [0.05, 0.1) is 0 Å². The van der Waals surface area contributed by atoms with Crippen LogP contribution in [0.5, 0.6) is 0 Å². The molecule has 0 spiro atoms. The predicted molar refractivity (Wildman–Crippen MR) is 68.7 cm³/mol. The Labute approximate surface area is 100 Å². The van der Waals surface area contributed by atoms with Gasteiger partial charge in [-0.25, -0.2) is 0 Å². The molecule has 1 unspecified atom stereocenters. The fourth-order valence-electron chi connectivity index (χ4n) is 1.79. The van der Waals surface area contributed by atoms with Crippen LogP contribution in [-0.4, -0.2) is 11.5 Å². The maximum Gasteiger partial charge on any atom is 0.0485 e. The van der Waals surface area contributed by atoms with Gasteiger partial charge in [0.1, 0.15) is 0 Å². The van der Waals surface area contributed by atoms with Crippen LogP contribution in [0.3, 0.4) is 0 Å². The maximum atomic E-state index is 5.96. The van der Waals surface area contributed by atoms with Gasteiger partial charge in [0, 0.05) is 22.3 Å². The summed E-state index contributed by atoms with van der Waals surface area (Å²) in [5.41, 5.74) is 6.74. The Morgan fingerprint density at radius 2 is 2.19 bits per heavy atom. The van der Waals surface area contributed by atoms with Crippen LogP contribution in [0.1, 0.15) is 12.6 Å². The van der Waals surface area contributed by atoms with Crippen LogP contribution in [0, 0.1) is 5.92 Å². The molecule has 3 heteroatoms. The summed E-state index contributed by atoms with van der Waals surface area (Å²) in [5, 5.41) is 3.07. The smallest absolute Gasteiger partial charge is 0.0485 e. The monoisotopic (exact) mass is 234 g/mol. The number of rotatable bonds is 3. The van der Waals surface area contributed by atoms with Crippen molar-refractivity contribution in [2.45, 2.75) is 13.3 Å². The second kappa shape index (κ2) is 4.81. The third-order valence-electron chi connectivity index (χ3n) is 2.75. The van der Waals surface area contributed by atoms with Crippen LogP contribution in [-0.2, 0) is 6.42 Å². The second-order valence-electron chi connectivity index (χ2n) is 4.17. The molecule has 16 heavy (non-hydrogen) atoms. The Bertz CT molecular complexity index is 496. The minimum Gasteiger partial charge on any atom is -0.330 e. The van der Waals surface area contributed by atoms with Gasteiger partial charge >= 0.3 is 0 Å². The standard InChI is InChI=1S/C13H15ClN2/c1-9(8-15)6-13-12-3-2-11(14)7-10(12)4-5-16-13/h2-5,7,9H,6,8,15H2,1H3. The highest BCUT2D eigenvalue weighted by molar-refractivity contribution is 6.31. The number of aromatic nitrogens is 1. The Morgan fingerprint density at radius 1 is 1.38 bits per heavy atom. The third kappa shape index (κ3) is 2.34. The van der Waals surface area contributed by atoms with Gasteiger partial charge in [-0.05, 0) is 42.5 Å². The van der Waals surface area contributed by atoms with Crippen molar-refractivity contribution in [2.24, 2.45) is 11.7 Å². The van der Waals surface area contributed by atoms with Crippen molar-refractivity contribution in [1.29, 1.82) is 0 Å². The number of pyridine rings is 1. The second-order valence-corrected chi connectivity index (χ2v) is 4.60. The number of benzene rings is 1. The summed E-state index contributed by atoms with van der Waals surface area (Å²) in [5.74, 6) is 0.453. The van der Waals surface area contributed by atoms with Gasteiger partial charge < -0.3 is 5.73 Å². The summed E-state index contributed by atoms with van der Waals surface area (Å²) >= 11 is 5.96. The molecule has 2 rings (SSSR count). The van der Waals surface area contributed by atoms with Gasteiger partial charge in [0.2, 0.25) is 0 Å². The molecule has 1 aromatic carbocycles. The van der Waals surface area contributed by atoms with Crippen molar-refractivity contribution >= 4 is 22.4 Å². The Morgan fingerprint density at radius 3 is 2.94 bits per heavy atom. The first kappa shape index (κ1) is 11.4. The summed E-state index contributed by atoms with van der Waals surface area (Å²) in [4.78, 5) is 4.43. The molecule has 1 aromatic heterocycles. The molecular weight excluding hydrogens is 220 g/mol. The predicted octanol–water partition coefficient (Wildman–Crippen LogP) is 3.03. The third-order valence-corrected chi connectivity index (χ3v) is 2.99. The van der Waals surface area contributed by atoms with Crippen LogP contribution in [0.15, 0.2) is 30.5 Å². The van der Waals surface area contributed by atoms with E-state index >= 15 is 0 Å². The minimum atomic E-state index is 0.453. The van der Waals surface area contributed by atoms with Crippen LogP contribution in [0.2, 0.25) is 5.02 Å².